The van der Waals surface area contributed by atoms with Crippen LogP contribution >= 0.6 is 11.3 Å². The Morgan fingerprint density at radius 2 is 2.12 bits per heavy atom. The Balaban J connectivity index is 1.89. The molecule has 0 saturated carbocycles. The average molecular weight is 249 g/mol. The Labute approximate surface area is 104 Å². The molecule has 0 aliphatic carbocycles. The zero-order valence-corrected chi connectivity index (χ0v) is 10.7. The predicted molar refractivity (Wildman–Crippen MR) is 70.2 cm³/mol. The Kier molecular flexibility index (Phi) is 3.53. The van der Waals surface area contributed by atoms with Crippen LogP contribution in [0.3, 0.4) is 0 Å². The Bertz CT molecular complexity index is 488. The van der Waals surface area contributed by atoms with E-state index in [1.54, 1.807) is 17.4 Å². The lowest BCUT2D eigenvalue weighted by Gasteiger charge is -2.05. The first-order valence-electron chi connectivity index (χ1n) is 5.39. The molecule has 0 amide bonds. The van der Waals surface area contributed by atoms with Crippen LogP contribution in [0.1, 0.15) is 16.5 Å². The molecule has 17 heavy (non-hydrogen) atoms. The van der Waals surface area contributed by atoms with Gasteiger partial charge in [0, 0.05) is 30.1 Å². The van der Waals surface area contributed by atoms with E-state index in [4.69, 9.17) is 5.73 Å². The van der Waals surface area contributed by atoms with Crippen LogP contribution in [0, 0.1) is 13.8 Å². The van der Waals surface area contributed by atoms with E-state index in [1.165, 1.54) is 0 Å². The summed E-state index contributed by atoms with van der Waals surface area (Å²) in [6.45, 7) is 4.62. The van der Waals surface area contributed by atoms with Crippen molar-refractivity contribution in [1.82, 2.24) is 15.0 Å². The Morgan fingerprint density at radius 3 is 2.76 bits per heavy atom. The first kappa shape index (κ1) is 11.8. The minimum absolute atomic E-state index is 0.491. The van der Waals surface area contributed by atoms with Crippen molar-refractivity contribution < 1.29 is 0 Å². The third kappa shape index (κ3) is 3.39. The smallest absolute Gasteiger partial charge is 0.131 e. The predicted octanol–water partition coefficient (Wildman–Crippen LogP) is 1.79. The maximum absolute atomic E-state index is 5.64. The number of aromatic nitrogens is 3. The molecule has 0 fully saturated rings. The number of nitrogens with one attached hydrogen (secondary N) is 1. The van der Waals surface area contributed by atoms with Gasteiger partial charge in [-0.1, -0.05) is 0 Å². The van der Waals surface area contributed by atoms with Gasteiger partial charge in [0.1, 0.15) is 17.5 Å². The van der Waals surface area contributed by atoms with Gasteiger partial charge in [-0.25, -0.2) is 15.0 Å². The molecule has 3 N–H and O–H groups in total. The molecular weight excluding hydrogens is 234 g/mol. The highest BCUT2D eigenvalue weighted by Crippen LogP contribution is 2.11. The molecule has 2 aromatic heterocycles. The van der Waals surface area contributed by atoms with Gasteiger partial charge in [-0.05, 0) is 13.8 Å². The normalized spacial score (nSPS) is 10.5. The lowest BCUT2D eigenvalue weighted by atomic mass is 10.4. The van der Waals surface area contributed by atoms with E-state index < -0.39 is 0 Å². The molecule has 0 bridgehead atoms. The molecule has 0 spiro atoms. The molecule has 6 heteroatoms. The first-order valence-corrected chi connectivity index (χ1v) is 6.27. The highest BCUT2D eigenvalue weighted by molar-refractivity contribution is 7.09. The van der Waals surface area contributed by atoms with E-state index in [2.05, 4.69) is 25.6 Å². The molecule has 2 rings (SSSR count). The number of hydrogen-bond acceptors (Lipinski definition) is 6. The standard InChI is InChI=1S/C11H15N5S/c1-7-6-17-11(14-7)3-4-13-10-5-9(12)15-8(2)16-10/h5-6H,3-4H2,1-2H3,(H3,12,13,15,16). The largest absolute Gasteiger partial charge is 0.384 e. The van der Waals surface area contributed by atoms with Crippen LogP contribution < -0.4 is 11.1 Å². The van der Waals surface area contributed by atoms with E-state index in [-0.39, 0.29) is 0 Å². The number of hydrogen-bond donors (Lipinski definition) is 2. The number of rotatable bonds is 4. The summed E-state index contributed by atoms with van der Waals surface area (Å²) < 4.78 is 0. The summed E-state index contributed by atoms with van der Waals surface area (Å²) in [5.41, 5.74) is 6.72. The zero-order valence-electron chi connectivity index (χ0n) is 9.90. The summed E-state index contributed by atoms with van der Waals surface area (Å²) in [6.07, 6.45) is 0.890. The molecule has 0 aromatic carbocycles. The fourth-order valence-electron chi connectivity index (χ4n) is 1.50. The van der Waals surface area contributed by atoms with Gasteiger partial charge in [-0.2, -0.15) is 0 Å². The third-order valence-electron chi connectivity index (χ3n) is 2.17. The summed E-state index contributed by atoms with van der Waals surface area (Å²) in [4.78, 5) is 12.7. The highest BCUT2D eigenvalue weighted by Gasteiger charge is 2.01. The fraction of sp³-hybridized carbons (Fsp3) is 0.364. The van der Waals surface area contributed by atoms with Crippen LogP contribution in [0.2, 0.25) is 0 Å². The molecule has 0 aliphatic heterocycles. The molecule has 0 saturated heterocycles. The second-order valence-electron chi connectivity index (χ2n) is 3.78. The number of aryl methyl sites for hydroxylation is 2. The summed E-state index contributed by atoms with van der Waals surface area (Å²) >= 11 is 1.68. The van der Waals surface area contributed by atoms with Crippen LogP contribution in [0.5, 0.6) is 0 Å². The third-order valence-corrected chi connectivity index (χ3v) is 3.20. The Morgan fingerprint density at radius 1 is 1.29 bits per heavy atom. The van der Waals surface area contributed by atoms with Gasteiger partial charge in [0.2, 0.25) is 0 Å². The van der Waals surface area contributed by atoms with Crippen LogP contribution in [-0.4, -0.2) is 21.5 Å². The van der Waals surface area contributed by atoms with Gasteiger partial charge in [0.25, 0.3) is 0 Å². The Hall–Kier alpha value is -1.69. The molecule has 0 unspecified atom stereocenters. The lowest BCUT2D eigenvalue weighted by Crippen LogP contribution is -2.08. The second kappa shape index (κ2) is 5.09. The number of nitrogens with zero attached hydrogens (tertiary/aromatic N) is 3. The van der Waals surface area contributed by atoms with Crippen molar-refractivity contribution >= 4 is 23.0 Å². The topological polar surface area (TPSA) is 76.7 Å². The summed E-state index contributed by atoms with van der Waals surface area (Å²) in [7, 11) is 0. The van der Waals surface area contributed by atoms with Gasteiger partial charge >= 0.3 is 0 Å². The molecular formula is C11H15N5S. The van der Waals surface area contributed by atoms with E-state index in [0.717, 1.165) is 29.5 Å². The second-order valence-corrected chi connectivity index (χ2v) is 4.73. The monoisotopic (exact) mass is 249 g/mol. The summed E-state index contributed by atoms with van der Waals surface area (Å²) in [5, 5.41) is 6.41. The van der Waals surface area contributed by atoms with Crippen LogP contribution in [0.25, 0.3) is 0 Å². The fourth-order valence-corrected chi connectivity index (χ4v) is 2.27. The van der Waals surface area contributed by atoms with Crippen molar-refractivity contribution in [2.24, 2.45) is 0 Å². The van der Waals surface area contributed by atoms with Crippen LogP contribution in [0.4, 0.5) is 11.6 Å². The number of anilines is 2. The van der Waals surface area contributed by atoms with E-state index in [0.29, 0.717) is 11.6 Å². The molecule has 0 radical (unpaired) electrons. The van der Waals surface area contributed by atoms with Crippen molar-refractivity contribution in [3.05, 3.63) is 28.0 Å². The van der Waals surface area contributed by atoms with Crippen LogP contribution in [0.15, 0.2) is 11.4 Å². The van der Waals surface area contributed by atoms with Gasteiger partial charge in [0.15, 0.2) is 0 Å². The van der Waals surface area contributed by atoms with Gasteiger partial charge in [-0.3, -0.25) is 0 Å². The first-order chi connectivity index (χ1) is 8.13. The number of thiazole rings is 1. The molecule has 0 atom stereocenters. The van der Waals surface area contributed by atoms with Crippen LogP contribution in [-0.2, 0) is 6.42 Å². The number of nitrogens with two attached hydrogens (primary N) is 1. The van der Waals surface area contributed by atoms with E-state index in [1.807, 2.05) is 13.8 Å². The molecule has 90 valence electrons. The van der Waals surface area contributed by atoms with Crippen molar-refractivity contribution in [1.29, 1.82) is 0 Å². The SMILES string of the molecule is Cc1csc(CCNc2cc(N)nc(C)n2)n1. The van der Waals surface area contributed by atoms with E-state index in [9.17, 15) is 0 Å². The molecule has 0 aliphatic rings. The minimum atomic E-state index is 0.491. The van der Waals surface area contributed by atoms with Gasteiger partial charge in [0.05, 0.1) is 5.01 Å². The highest BCUT2D eigenvalue weighted by atomic mass is 32.1. The van der Waals surface area contributed by atoms with Gasteiger partial charge < -0.3 is 11.1 Å². The maximum Gasteiger partial charge on any atom is 0.131 e. The molecule has 2 aromatic rings. The quantitative estimate of drug-likeness (QED) is 0.863. The summed E-state index contributed by atoms with van der Waals surface area (Å²) in [6, 6.07) is 1.74. The molecule has 5 nitrogen and oxygen atoms in total. The minimum Gasteiger partial charge on any atom is -0.384 e. The van der Waals surface area contributed by atoms with Crippen molar-refractivity contribution in [3.8, 4) is 0 Å². The van der Waals surface area contributed by atoms with Gasteiger partial charge in [-0.15, -0.1) is 11.3 Å². The molecule has 2 heterocycles. The van der Waals surface area contributed by atoms with Crippen molar-refractivity contribution in [2.75, 3.05) is 17.6 Å². The summed E-state index contributed by atoms with van der Waals surface area (Å²) in [5.74, 6) is 1.94. The average Bonchev–Trinajstić information content (AvgIpc) is 2.63. The van der Waals surface area contributed by atoms with Crippen molar-refractivity contribution in [2.45, 2.75) is 20.3 Å². The lowest BCUT2D eigenvalue weighted by molar-refractivity contribution is 0.964. The van der Waals surface area contributed by atoms with E-state index >= 15 is 0 Å². The maximum atomic E-state index is 5.64. The number of nitrogen functional groups attached to an aromatic ring is 1. The zero-order chi connectivity index (χ0) is 12.3. The van der Waals surface area contributed by atoms with Crippen molar-refractivity contribution in [3.63, 3.8) is 0 Å².